The number of anilines is 1. The maximum Gasteiger partial charge on any atom is 0.203 e. The van der Waals surface area contributed by atoms with E-state index in [1.807, 2.05) is 0 Å². The normalized spacial score (nSPS) is 25.5. The Hall–Kier alpha value is -0.640. The van der Waals surface area contributed by atoms with Gasteiger partial charge in [0.2, 0.25) is 5.13 Å². The van der Waals surface area contributed by atoms with E-state index >= 15 is 0 Å². The molecule has 1 aromatic heterocycles. The quantitative estimate of drug-likeness (QED) is 0.784. The molecule has 0 atom stereocenters. The van der Waals surface area contributed by atoms with Crippen LogP contribution < -0.4 is 5.73 Å². The fourth-order valence-electron chi connectivity index (χ4n) is 2.33. The average Bonchev–Trinajstić information content (AvgIpc) is 2.65. The Bertz CT molecular complexity index is 325. The molecule has 13 heavy (non-hydrogen) atoms. The Morgan fingerprint density at radius 2 is 2.08 bits per heavy atom. The summed E-state index contributed by atoms with van der Waals surface area (Å²) in [7, 11) is 0. The van der Waals surface area contributed by atoms with Gasteiger partial charge in [-0.15, -0.1) is 10.2 Å². The first-order valence-electron chi connectivity index (χ1n) is 4.91. The molecule has 2 aliphatic carbocycles. The number of rotatable bonds is 2. The number of aromatic nitrogens is 2. The van der Waals surface area contributed by atoms with E-state index < -0.39 is 0 Å². The summed E-state index contributed by atoms with van der Waals surface area (Å²) >= 11 is 1.59. The van der Waals surface area contributed by atoms with E-state index in [4.69, 9.17) is 5.73 Å². The molecule has 2 aliphatic rings. The number of nitrogens with two attached hydrogens (primary N) is 1. The van der Waals surface area contributed by atoms with Crippen LogP contribution in [0.1, 0.15) is 37.1 Å². The molecule has 70 valence electrons. The van der Waals surface area contributed by atoms with Crippen molar-refractivity contribution < 1.29 is 0 Å². The maximum atomic E-state index is 5.61. The summed E-state index contributed by atoms with van der Waals surface area (Å²) in [5.41, 5.74) is 6.03. The van der Waals surface area contributed by atoms with Crippen molar-refractivity contribution in [2.24, 2.45) is 5.92 Å². The third-order valence-corrected chi connectivity index (χ3v) is 4.51. The number of nitrogen functional groups attached to an aromatic ring is 1. The summed E-state index contributed by atoms with van der Waals surface area (Å²) in [5.74, 6) is 0.889. The van der Waals surface area contributed by atoms with Crippen molar-refractivity contribution in [3.63, 3.8) is 0 Å². The topological polar surface area (TPSA) is 51.8 Å². The fraction of sp³-hybridized carbons (Fsp3) is 0.778. The van der Waals surface area contributed by atoms with Crippen LogP contribution in [0, 0.1) is 5.92 Å². The average molecular weight is 195 g/mol. The van der Waals surface area contributed by atoms with E-state index in [-0.39, 0.29) is 0 Å². The van der Waals surface area contributed by atoms with Gasteiger partial charge in [-0.05, 0) is 31.6 Å². The molecule has 2 saturated carbocycles. The van der Waals surface area contributed by atoms with Gasteiger partial charge in [0.15, 0.2) is 0 Å². The van der Waals surface area contributed by atoms with Gasteiger partial charge in [-0.25, -0.2) is 0 Å². The van der Waals surface area contributed by atoms with Crippen LogP contribution in [0.15, 0.2) is 0 Å². The van der Waals surface area contributed by atoms with Crippen LogP contribution in [0.4, 0.5) is 5.13 Å². The molecule has 2 N–H and O–H groups in total. The molecule has 0 saturated heterocycles. The minimum Gasteiger partial charge on any atom is -0.374 e. The van der Waals surface area contributed by atoms with E-state index in [0.29, 0.717) is 10.5 Å². The van der Waals surface area contributed by atoms with Gasteiger partial charge in [0.05, 0.1) is 0 Å². The predicted octanol–water partition coefficient (Wildman–Crippen LogP) is 1.95. The molecule has 0 aliphatic heterocycles. The Balaban J connectivity index is 1.90. The summed E-state index contributed by atoms with van der Waals surface area (Å²) in [6, 6.07) is 0. The SMILES string of the molecule is Nc1nnc(C2(C3CCC3)CC2)s1. The number of nitrogens with zero attached hydrogens (tertiary/aromatic N) is 2. The third-order valence-electron chi connectivity index (χ3n) is 3.54. The first kappa shape index (κ1) is 7.74. The van der Waals surface area contributed by atoms with E-state index in [1.165, 1.54) is 37.1 Å². The van der Waals surface area contributed by atoms with Crippen LogP contribution >= 0.6 is 11.3 Å². The van der Waals surface area contributed by atoms with Gasteiger partial charge in [-0.2, -0.15) is 0 Å². The third kappa shape index (κ3) is 1.01. The lowest BCUT2D eigenvalue weighted by Gasteiger charge is -2.32. The van der Waals surface area contributed by atoms with Crippen molar-refractivity contribution in [1.29, 1.82) is 0 Å². The summed E-state index contributed by atoms with van der Waals surface area (Å²) in [6.45, 7) is 0. The standard InChI is InChI=1S/C9H13N3S/c10-8-12-11-7(13-8)9(4-5-9)6-2-1-3-6/h6H,1-5H2,(H2,10,12). The summed E-state index contributed by atoms with van der Waals surface area (Å²) in [4.78, 5) is 0. The Morgan fingerprint density at radius 1 is 1.31 bits per heavy atom. The van der Waals surface area contributed by atoms with Gasteiger partial charge in [0.25, 0.3) is 0 Å². The van der Waals surface area contributed by atoms with Crippen molar-refractivity contribution in [1.82, 2.24) is 10.2 Å². The Morgan fingerprint density at radius 3 is 2.46 bits per heavy atom. The van der Waals surface area contributed by atoms with Gasteiger partial charge < -0.3 is 5.73 Å². The fourth-order valence-corrected chi connectivity index (χ4v) is 3.26. The van der Waals surface area contributed by atoms with Crippen LogP contribution in [0.3, 0.4) is 0 Å². The second-order valence-electron chi connectivity index (χ2n) is 4.23. The van der Waals surface area contributed by atoms with Crippen LogP contribution in [0.2, 0.25) is 0 Å². The molecule has 0 amide bonds. The lowest BCUT2D eigenvalue weighted by atomic mass is 9.74. The summed E-state index contributed by atoms with van der Waals surface area (Å²) in [6.07, 6.45) is 6.80. The highest BCUT2D eigenvalue weighted by molar-refractivity contribution is 7.15. The highest BCUT2D eigenvalue weighted by Gasteiger charge is 2.54. The smallest absolute Gasteiger partial charge is 0.203 e. The minimum atomic E-state index is 0.424. The molecule has 0 aromatic carbocycles. The van der Waals surface area contributed by atoms with Crippen molar-refractivity contribution in [3.8, 4) is 0 Å². The highest BCUT2D eigenvalue weighted by atomic mass is 32.1. The molecule has 0 spiro atoms. The van der Waals surface area contributed by atoms with Crippen molar-refractivity contribution >= 4 is 16.5 Å². The maximum absolute atomic E-state index is 5.61. The van der Waals surface area contributed by atoms with Crippen molar-refractivity contribution in [3.05, 3.63) is 5.01 Å². The molecule has 4 heteroatoms. The van der Waals surface area contributed by atoms with Crippen LogP contribution in [0.25, 0.3) is 0 Å². The predicted molar refractivity (Wildman–Crippen MR) is 52.6 cm³/mol. The first-order chi connectivity index (χ1) is 6.31. The number of hydrogen-bond acceptors (Lipinski definition) is 4. The Labute approximate surface area is 81.4 Å². The second kappa shape index (κ2) is 2.44. The van der Waals surface area contributed by atoms with Crippen LogP contribution in [0.5, 0.6) is 0 Å². The summed E-state index contributed by atoms with van der Waals surface area (Å²) < 4.78 is 0. The molecule has 0 bridgehead atoms. The zero-order chi connectivity index (χ0) is 8.89. The number of hydrogen-bond donors (Lipinski definition) is 1. The van der Waals surface area contributed by atoms with Crippen molar-refractivity contribution in [2.45, 2.75) is 37.5 Å². The largest absolute Gasteiger partial charge is 0.374 e. The van der Waals surface area contributed by atoms with Gasteiger partial charge in [-0.3, -0.25) is 0 Å². The molecule has 0 unspecified atom stereocenters. The van der Waals surface area contributed by atoms with Gasteiger partial charge in [0.1, 0.15) is 5.01 Å². The minimum absolute atomic E-state index is 0.424. The zero-order valence-corrected chi connectivity index (χ0v) is 8.31. The first-order valence-corrected chi connectivity index (χ1v) is 5.72. The molecule has 3 rings (SSSR count). The molecule has 1 heterocycles. The molecule has 0 radical (unpaired) electrons. The van der Waals surface area contributed by atoms with Gasteiger partial charge in [-0.1, -0.05) is 17.8 Å². The van der Waals surface area contributed by atoms with Gasteiger partial charge >= 0.3 is 0 Å². The Kier molecular flexibility index (Phi) is 1.45. The molecule has 2 fully saturated rings. The lowest BCUT2D eigenvalue weighted by Crippen LogP contribution is -2.26. The molecule has 1 aromatic rings. The van der Waals surface area contributed by atoms with E-state index in [2.05, 4.69) is 10.2 Å². The van der Waals surface area contributed by atoms with Crippen molar-refractivity contribution in [2.75, 3.05) is 5.73 Å². The highest BCUT2D eigenvalue weighted by Crippen LogP contribution is 2.60. The summed E-state index contributed by atoms with van der Waals surface area (Å²) in [5, 5.41) is 9.94. The molecular weight excluding hydrogens is 182 g/mol. The molecule has 3 nitrogen and oxygen atoms in total. The zero-order valence-electron chi connectivity index (χ0n) is 7.49. The monoisotopic (exact) mass is 195 g/mol. The van der Waals surface area contributed by atoms with Crippen LogP contribution in [-0.2, 0) is 5.41 Å². The molecular formula is C9H13N3S. The van der Waals surface area contributed by atoms with E-state index in [0.717, 1.165) is 5.92 Å². The van der Waals surface area contributed by atoms with E-state index in [1.54, 1.807) is 11.3 Å². The lowest BCUT2D eigenvalue weighted by molar-refractivity contribution is 0.244. The van der Waals surface area contributed by atoms with Gasteiger partial charge in [0, 0.05) is 5.41 Å². The van der Waals surface area contributed by atoms with Crippen LogP contribution in [-0.4, -0.2) is 10.2 Å². The van der Waals surface area contributed by atoms with E-state index in [9.17, 15) is 0 Å². The second-order valence-corrected chi connectivity index (χ2v) is 5.24.